The molecule has 0 atom stereocenters. The molecule has 0 unspecified atom stereocenters. The van der Waals surface area contributed by atoms with Gasteiger partial charge in [0, 0.05) is 6.07 Å². The Hall–Kier alpha value is -2.51. The third-order valence-corrected chi connectivity index (χ3v) is 2.68. The zero-order chi connectivity index (χ0) is 13.8. The number of hydrogen-bond acceptors (Lipinski definition) is 3. The maximum absolute atomic E-state index is 10.8. The summed E-state index contributed by atoms with van der Waals surface area (Å²) in [4.78, 5) is 10.8. The van der Waals surface area contributed by atoms with Gasteiger partial charge in [-0.2, -0.15) is 5.26 Å². The van der Waals surface area contributed by atoms with Crippen molar-refractivity contribution in [3.05, 3.63) is 58.6 Å². The molecule has 5 heteroatoms. The lowest BCUT2D eigenvalue weighted by Crippen LogP contribution is -1.97. The zero-order valence-corrected chi connectivity index (χ0v) is 10.4. The van der Waals surface area contributed by atoms with Gasteiger partial charge in [-0.05, 0) is 30.3 Å². The minimum atomic E-state index is -1.09. The van der Waals surface area contributed by atoms with Crippen molar-refractivity contribution in [2.75, 3.05) is 0 Å². The number of benzene rings is 2. The van der Waals surface area contributed by atoms with E-state index in [9.17, 15) is 4.79 Å². The van der Waals surface area contributed by atoms with E-state index in [0.29, 0.717) is 17.1 Å². The molecule has 2 rings (SSSR count). The Kier molecular flexibility index (Phi) is 3.69. The number of hydrogen-bond donors (Lipinski definition) is 1. The summed E-state index contributed by atoms with van der Waals surface area (Å²) in [5.74, 6) is -0.202. The Bertz CT molecular complexity index is 677. The average molecular weight is 274 g/mol. The molecule has 2 aromatic rings. The Morgan fingerprint density at radius 3 is 2.58 bits per heavy atom. The lowest BCUT2D eigenvalue weighted by molar-refractivity contribution is 0.0697. The van der Waals surface area contributed by atoms with Gasteiger partial charge >= 0.3 is 5.97 Å². The van der Waals surface area contributed by atoms with Crippen LogP contribution in [0.15, 0.2) is 42.5 Å². The number of ether oxygens (including phenoxy) is 1. The summed E-state index contributed by atoms with van der Waals surface area (Å²) in [6, 6.07) is 12.9. The second-order valence-electron chi connectivity index (χ2n) is 3.69. The van der Waals surface area contributed by atoms with Gasteiger partial charge < -0.3 is 9.84 Å². The quantitative estimate of drug-likeness (QED) is 0.925. The van der Waals surface area contributed by atoms with Crippen LogP contribution in [0.3, 0.4) is 0 Å². The number of carboxylic acids is 1. The molecule has 0 aliphatic carbocycles. The molecule has 19 heavy (non-hydrogen) atoms. The maximum atomic E-state index is 10.8. The average Bonchev–Trinajstić information content (AvgIpc) is 2.38. The van der Waals surface area contributed by atoms with E-state index < -0.39 is 5.97 Å². The molecule has 1 N–H and O–H groups in total. The van der Waals surface area contributed by atoms with Crippen molar-refractivity contribution in [3.8, 4) is 17.6 Å². The fourth-order valence-electron chi connectivity index (χ4n) is 1.50. The number of carboxylic acid groups (broad SMARTS) is 1. The van der Waals surface area contributed by atoms with Gasteiger partial charge in [0.05, 0.1) is 22.2 Å². The van der Waals surface area contributed by atoms with Gasteiger partial charge in [-0.1, -0.05) is 17.7 Å². The molecule has 0 saturated heterocycles. The van der Waals surface area contributed by atoms with Crippen molar-refractivity contribution in [2.24, 2.45) is 0 Å². The van der Waals surface area contributed by atoms with Crippen LogP contribution in [0.25, 0.3) is 0 Å². The molecular formula is C14H8ClNO3. The van der Waals surface area contributed by atoms with Gasteiger partial charge in [-0.15, -0.1) is 0 Å². The lowest BCUT2D eigenvalue weighted by Gasteiger charge is -2.07. The Labute approximate surface area is 114 Å². The van der Waals surface area contributed by atoms with Crippen molar-refractivity contribution < 1.29 is 14.6 Å². The van der Waals surface area contributed by atoms with Crippen molar-refractivity contribution in [2.45, 2.75) is 0 Å². The first-order valence-corrected chi connectivity index (χ1v) is 5.69. The Balaban J connectivity index is 2.26. The Morgan fingerprint density at radius 1 is 1.21 bits per heavy atom. The third kappa shape index (κ3) is 3.03. The van der Waals surface area contributed by atoms with Crippen LogP contribution < -0.4 is 4.74 Å². The van der Waals surface area contributed by atoms with E-state index in [0.717, 1.165) is 0 Å². The molecular weight excluding hydrogens is 266 g/mol. The molecule has 0 aromatic heterocycles. The van der Waals surface area contributed by atoms with Gasteiger partial charge in [0.15, 0.2) is 0 Å². The molecule has 94 valence electrons. The van der Waals surface area contributed by atoms with Crippen molar-refractivity contribution in [1.82, 2.24) is 0 Å². The number of halogens is 1. The number of nitriles is 1. The van der Waals surface area contributed by atoms with Crippen LogP contribution in [0.5, 0.6) is 11.5 Å². The zero-order valence-electron chi connectivity index (χ0n) is 9.63. The number of nitrogens with zero attached hydrogens (tertiary/aromatic N) is 1. The highest BCUT2D eigenvalue weighted by molar-refractivity contribution is 6.33. The molecule has 0 amide bonds. The van der Waals surface area contributed by atoms with Crippen molar-refractivity contribution in [1.29, 1.82) is 5.26 Å². The van der Waals surface area contributed by atoms with Gasteiger partial charge in [-0.3, -0.25) is 0 Å². The predicted octanol–water partition coefficient (Wildman–Crippen LogP) is 3.70. The predicted molar refractivity (Wildman–Crippen MR) is 69.6 cm³/mol. The second-order valence-corrected chi connectivity index (χ2v) is 4.10. The highest BCUT2D eigenvalue weighted by Crippen LogP contribution is 2.27. The minimum absolute atomic E-state index is 0.0137. The SMILES string of the molecule is N#Cc1cccc(Oc2ccc(C(=O)O)c(Cl)c2)c1. The smallest absolute Gasteiger partial charge is 0.337 e. The molecule has 0 saturated carbocycles. The second kappa shape index (κ2) is 5.42. The van der Waals surface area contributed by atoms with Crippen LogP contribution in [-0.4, -0.2) is 11.1 Å². The van der Waals surface area contributed by atoms with Gasteiger partial charge in [0.25, 0.3) is 0 Å². The topological polar surface area (TPSA) is 70.3 Å². The van der Waals surface area contributed by atoms with E-state index in [4.69, 9.17) is 26.7 Å². The number of aromatic carboxylic acids is 1. The van der Waals surface area contributed by atoms with Gasteiger partial charge in [-0.25, -0.2) is 4.79 Å². The molecule has 0 spiro atoms. The molecule has 0 heterocycles. The van der Waals surface area contributed by atoms with E-state index in [-0.39, 0.29) is 10.6 Å². The third-order valence-electron chi connectivity index (χ3n) is 2.37. The summed E-state index contributed by atoms with van der Waals surface area (Å²) in [5.41, 5.74) is 0.491. The maximum Gasteiger partial charge on any atom is 0.337 e. The molecule has 0 aliphatic heterocycles. The van der Waals surface area contributed by atoms with Crippen LogP contribution in [0.4, 0.5) is 0 Å². The minimum Gasteiger partial charge on any atom is -0.478 e. The monoisotopic (exact) mass is 273 g/mol. The van der Waals surface area contributed by atoms with Crippen LogP contribution in [0, 0.1) is 11.3 Å². The summed E-state index contributed by atoms with van der Waals surface area (Å²) in [6.07, 6.45) is 0. The van der Waals surface area contributed by atoms with Crippen molar-refractivity contribution in [3.63, 3.8) is 0 Å². The van der Waals surface area contributed by atoms with E-state index in [1.54, 1.807) is 24.3 Å². The standard InChI is InChI=1S/C14H8ClNO3/c15-13-7-11(4-5-12(13)14(17)18)19-10-3-1-2-9(6-10)8-16/h1-7H,(H,17,18). The highest BCUT2D eigenvalue weighted by Gasteiger charge is 2.09. The summed E-state index contributed by atoms with van der Waals surface area (Å²) in [6.45, 7) is 0. The van der Waals surface area contributed by atoms with E-state index in [1.165, 1.54) is 18.2 Å². The van der Waals surface area contributed by atoms with Crippen molar-refractivity contribution >= 4 is 17.6 Å². The normalized spacial score (nSPS) is 9.68. The van der Waals surface area contributed by atoms with Gasteiger partial charge in [0.2, 0.25) is 0 Å². The van der Waals surface area contributed by atoms with E-state index in [2.05, 4.69) is 0 Å². The van der Waals surface area contributed by atoms with Crippen LogP contribution in [0.1, 0.15) is 15.9 Å². The summed E-state index contributed by atoms with van der Waals surface area (Å²) in [7, 11) is 0. The first kappa shape index (κ1) is 12.9. The Morgan fingerprint density at radius 2 is 1.95 bits per heavy atom. The molecule has 0 aliphatic rings. The van der Waals surface area contributed by atoms with Crippen LogP contribution >= 0.6 is 11.6 Å². The highest BCUT2D eigenvalue weighted by atomic mass is 35.5. The lowest BCUT2D eigenvalue weighted by atomic mass is 10.2. The van der Waals surface area contributed by atoms with E-state index >= 15 is 0 Å². The van der Waals surface area contributed by atoms with Crippen LogP contribution in [-0.2, 0) is 0 Å². The van der Waals surface area contributed by atoms with Gasteiger partial charge in [0.1, 0.15) is 11.5 Å². The first-order valence-electron chi connectivity index (χ1n) is 5.31. The fourth-order valence-corrected chi connectivity index (χ4v) is 1.75. The number of rotatable bonds is 3. The fraction of sp³-hybridized carbons (Fsp3) is 0. The summed E-state index contributed by atoms with van der Waals surface area (Å²) in [5, 5.41) is 17.7. The largest absolute Gasteiger partial charge is 0.478 e. The molecule has 0 radical (unpaired) electrons. The molecule has 4 nitrogen and oxygen atoms in total. The summed E-state index contributed by atoms with van der Waals surface area (Å²) < 4.78 is 5.51. The van der Waals surface area contributed by atoms with E-state index in [1.807, 2.05) is 6.07 Å². The first-order chi connectivity index (χ1) is 9.10. The number of carbonyl (C=O) groups is 1. The van der Waals surface area contributed by atoms with Crippen LogP contribution in [0.2, 0.25) is 5.02 Å². The summed E-state index contributed by atoms with van der Waals surface area (Å²) >= 11 is 5.84. The molecule has 2 aromatic carbocycles. The molecule has 0 bridgehead atoms. The molecule has 0 fully saturated rings.